The van der Waals surface area contributed by atoms with Crippen molar-refractivity contribution < 1.29 is 14.3 Å². The molecule has 124 valence electrons. The lowest BCUT2D eigenvalue weighted by Crippen LogP contribution is -2.43. The molecule has 23 heavy (non-hydrogen) atoms. The van der Waals surface area contributed by atoms with Crippen molar-refractivity contribution in [1.82, 2.24) is 5.32 Å². The molecule has 0 bridgehead atoms. The number of nitrogens with one attached hydrogen (secondary N) is 1. The van der Waals surface area contributed by atoms with Crippen LogP contribution in [0.25, 0.3) is 0 Å². The van der Waals surface area contributed by atoms with Crippen LogP contribution in [0.4, 0.5) is 0 Å². The van der Waals surface area contributed by atoms with Crippen molar-refractivity contribution in [2.45, 2.75) is 43.9 Å². The highest BCUT2D eigenvalue weighted by atomic mass is 32.2. The number of aryl methyl sites for hydroxylation is 1. The van der Waals surface area contributed by atoms with Crippen LogP contribution in [0.2, 0.25) is 0 Å². The van der Waals surface area contributed by atoms with Gasteiger partial charge in [0.15, 0.2) is 0 Å². The average molecular weight is 333 g/mol. The Bertz CT molecular complexity index is 589. The monoisotopic (exact) mass is 333 g/mol. The Morgan fingerprint density at radius 1 is 1.30 bits per heavy atom. The molecule has 1 N–H and O–H groups in total. The van der Waals surface area contributed by atoms with Crippen LogP contribution in [0.5, 0.6) is 0 Å². The molecule has 0 amide bonds. The number of fused-ring (bicyclic) bond motifs is 1. The SMILES string of the molecule is CCOC(=O)[C@H]1NCSC1C(=O)C[C@H]1CCc2ccccc2C1. The maximum atomic E-state index is 12.7. The Kier molecular flexibility index (Phi) is 5.38. The molecule has 1 fully saturated rings. The second-order valence-electron chi connectivity index (χ2n) is 6.21. The van der Waals surface area contributed by atoms with E-state index in [1.807, 2.05) is 0 Å². The van der Waals surface area contributed by atoms with E-state index < -0.39 is 6.04 Å². The molecule has 2 aliphatic rings. The number of hydrogen-bond acceptors (Lipinski definition) is 5. The first-order valence-corrected chi connectivity index (χ1v) is 9.35. The molecule has 0 aromatic heterocycles. The number of Topliss-reactive ketones (excluding diaryl/α,β-unsaturated/α-hetero) is 1. The fourth-order valence-electron chi connectivity index (χ4n) is 3.50. The zero-order valence-corrected chi connectivity index (χ0v) is 14.2. The van der Waals surface area contributed by atoms with E-state index in [9.17, 15) is 9.59 Å². The Morgan fingerprint density at radius 2 is 2.09 bits per heavy atom. The summed E-state index contributed by atoms with van der Waals surface area (Å²) < 4.78 is 5.08. The summed E-state index contributed by atoms with van der Waals surface area (Å²) in [4.78, 5) is 24.6. The zero-order chi connectivity index (χ0) is 16.2. The highest BCUT2D eigenvalue weighted by molar-refractivity contribution is 8.00. The second-order valence-corrected chi connectivity index (χ2v) is 7.34. The molecule has 1 aliphatic carbocycles. The number of carbonyl (C=O) groups is 2. The highest BCUT2D eigenvalue weighted by Gasteiger charge is 2.39. The largest absolute Gasteiger partial charge is 0.465 e. The van der Waals surface area contributed by atoms with Crippen LogP contribution in [0.1, 0.15) is 30.9 Å². The van der Waals surface area contributed by atoms with Crippen molar-refractivity contribution in [3.63, 3.8) is 0 Å². The number of rotatable bonds is 5. The lowest BCUT2D eigenvalue weighted by Gasteiger charge is -2.25. The summed E-state index contributed by atoms with van der Waals surface area (Å²) in [7, 11) is 0. The van der Waals surface area contributed by atoms with E-state index in [0.29, 0.717) is 24.8 Å². The maximum Gasteiger partial charge on any atom is 0.324 e. The minimum Gasteiger partial charge on any atom is -0.465 e. The molecule has 1 aromatic rings. The summed E-state index contributed by atoms with van der Waals surface area (Å²) in [6.07, 6.45) is 3.63. The van der Waals surface area contributed by atoms with Gasteiger partial charge in [-0.1, -0.05) is 24.3 Å². The quantitative estimate of drug-likeness (QED) is 0.838. The van der Waals surface area contributed by atoms with Crippen LogP contribution < -0.4 is 5.32 Å². The van der Waals surface area contributed by atoms with E-state index in [-0.39, 0.29) is 17.0 Å². The van der Waals surface area contributed by atoms with Crippen molar-refractivity contribution >= 4 is 23.5 Å². The number of benzene rings is 1. The molecule has 3 atom stereocenters. The third-order valence-corrected chi connectivity index (χ3v) is 5.89. The van der Waals surface area contributed by atoms with E-state index in [1.165, 1.54) is 22.9 Å². The summed E-state index contributed by atoms with van der Waals surface area (Å²) >= 11 is 1.53. The van der Waals surface area contributed by atoms with Gasteiger partial charge in [0.25, 0.3) is 0 Å². The molecule has 5 heteroatoms. The van der Waals surface area contributed by atoms with E-state index in [4.69, 9.17) is 4.74 Å². The Labute approximate surface area is 141 Å². The van der Waals surface area contributed by atoms with Gasteiger partial charge in [0, 0.05) is 12.3 Å². The fourth-order valence-corrected chi connectivity index (χ4v) is 4.63. The second kappa shape index (κ2) is 7.49. The Hall–Kier alpha value is -1.33. The normalized spacial score (nSPS) is 26.6. The summed E-state index contributed by atoms with van der Waals surface area (Å²) in [6, 6.07) is 8.01. The molecule has 0 radical (unpaired) electrons. The summed E-state index contributed by atoms with van der Waals surface area (Å²) in [5.41, 5.74) is 2.79. The van der Waals surface area contributed by atoms with Crippen LogP contribution in [0.15, 0.2) is 24.3 Å². The van der Waals surface area contributed by atoms with Gasteiger partial charge in [0.2, 0.25) is 0 Å². The molecule has 1 unspecified atom stereocenters. The molecular weight excluding hydrogens is 310 g/mol. The van der Waals surface area contributed by atoms with Crippen LogP contribution in [0.3, 0.4) is 0 Å². The minimum atomic E-state index is -0.483. The molecule has 1 aromatic carbocycles. The first-order chi connectivity index (χ1) is 11.2. The third-order valence-electron chi connectivity index (χ3n) is 4.67. The maximum absolute atomic E-state index is 12.7. The molecule has 0 saturated carbocycles. The number of thioether (sulfide) groups is 1. The molecule has 4 nitrogen and oxygen atoms in total. The molecular formula is C18H23NO3S. The highest BCUT2D eigenvalue weighted by Crippen LogP contribution is 2.31. The Balaban J connectivity index is 1.60. The van der Waals surface area contributed by atoms with Gasteiger partial charge >= 0.3 is 5.97 Å². The van der Waals surface area contributed by atoms with Crippen molar-refractivity contribution in [2.75, 3.05) is 12.5 Å². The number of ether oxygens (including phenoxy) is 1. The van der Waals surface area contributed by atoms with E-state index in [1.54, 1.807) is 6.92 Å². The predicted molar refractivity (Wildman–Crippen MR) is 91.4 cm³/mol. The van der Waals surface area contributed by atoms with Crippen LogP contribution in [0, 0.1) is 5.92 Å². The van der Waals surface area contributed by atoms with Crippen LogP contribution >= 0.6 is 11.8 Å². The van der Waals surface area contributed by atoms with Gasteiger partial charge in [-0.25, -0.2) is 0 Å². The van der Waals surface area contributed by atoms with E-state index in [2.05, 4.69) is 29.6 Å². The van der Waals surface area contributed by atoms with Crippen molar-refractivity contribution in [1.29, 1.82) is 0 Å². The zero-order valence-electron chi connectivity index (χ0n) is 13.4. The summed E-state index contributed by atoms with van der Waals surface area (Å²) in [5, 5.41) is 2.79. The average Bonchev–Trinajstić information content (AvgIpc) is 3.05. The number of ketones is 1. The lowest BCUT2D eigenvalue weighted by atomic mass is 9.81. The lowest BCUT2D eigenvalue weighted by molar-refractivity contribution is -0.146. The molecule has 3 rings (SSSR count). The van der Waals surface area contributed by atoms with Gasteiger partial charge in [-0.05, 0) is 43.2 Å². The van der Waals surface area contributed by atoms with Gasteiger partial charge in [0.05, 0.1) is 11.9 Å². The van der Waals surface area contributed by atoms with Crippen LogP contribution in [-0.4, -0.2) is 35.5 Å². The van der Waals surface area contributed by atoms with Gasteiger partial charge in [-0.3, -0.25) is 14.9 Å². The first-order valence-electron chi connectivity index (χ1n) is 8.30. The molecule has 1 heterocycles. The number of hydrogen-bond donors (Lipinski definition) is 1. The summed E-state index contributed by atoms with van der Waals surface area (Å²) in [6.45, 7) is 2.14. The molecule has 1 saturated heterocycles. The number of carbonyl (C=O) groups excluding carboxylic acids is 2. The number of esters is 1. The predicted octanol–water partition coefficient (Wildman–Crippen LogP) is 2.34. The first kappa shape index (κ1) is 16.5. The fraction of sp³-hybridized carbons (Fsp3) is 0.556. The minimum absolute atomic E-state index is 0.183. The van der Waals surface area contributed by atoms with Crippen molar-refractivity contribution in [3.05, 3.63) is 35.4 Å². The third kappa shape index (κ3) is 3.78. The van der Waals surface area contributed by atoms with Gasteiger partial charge in [-0.2, -0.15) is 0 Å². The topological polar surface area (TPSA) is 55.4 Å². The van der Waals surface area contributed by atoms with Gasteiger partial charge in [0.1, 0.15) is 11.8 Å². The van der Waals surface area contributed by atoms with Crippen molar-refractivity contribution in [3.8, 4) is 0 Å². The van der Waals surface area contributed by atoms with Crippen molar-refractivity contribution in [2.24, 2.45) is 5.92 Å². The van der Waals surface area contributed by atoms with Gasteiger partial charge in [-0.15, -0.1) is 11.8 Å². The van der Waals surface area contributed by atoms with Gasteiger partial charge < -0.3 is 4.74 Å². The summed E-state index contributed by atoms with van der Waals surface area (Å²) in [5.74, 6) is 0.904. The van der Waals surface area contributed by atoms with E-state index >= 15 is 0 Å². The Morgan fingerprint density at radius 3 is 2.87 bits per heavy atom. The smallest absolute Gasteiger partial charge is 0.324 e. The molecule has 1 aliphatic heterocycles. The standard InChI is InChI=1S/C18H23NO3S/c1-2-22-18(21)16-17(23-11-19-16)15(20)10-12-7-8-13-5-3-4-6-14(13)9-12/h3-6,12,16-17,19H,2,7-11H2,1H3/t12-,16-,17?/m0/s1. The van der Waals surface area contributed by atoms with Crippen LogP contribution in [-0.2, 0) is 27.2 Å². The molecule has 0 spiro atoms. The van der Waals surface area contributed by atoms with E-state index in [0.717, 1.165) is 19.3 Å².